The zero-order valence-corrected chi connectivity index (χ0v) is 13.0. The van der Waals surface area contributed by atoms with E-state index < -0.39 is 29.1 Å². The van der Waals surface area contributed by atoms with Crippen molar-refractivity contribution in [3.8, 4) is 6.07 Å². The molecule has 1 N–H and O–H groups in total. The van der Waals surface area contributed by atoms with Crippen LogP contribution in [0.1, 0.15) is 12.0 Å². The number of nitriles is 1. The number of amides is 2. The van der Waals surface area contributed by atoms with Crippen LogP contribution in [0.2, 0.25) is 0 Å². The molecule has 0 aliphatic carbocycles. The van der Waals surface area contributed by atoms with Gasteiger partial charge in [0.1, 0.15) is 23.4 Å². The number of carbonyl (C=O) groups is 2. The minimum atomic E-state index is -0.885. The zero-order chi connectivity index (χ0) is 18.0. The Morgan fingerprint density at radius 2 is 1.84 bits per heavy atom. The molecule has 0 radical (unpaired) electrons. The molecule has 1 fully saturated rings. The van der Waals surface area contributed by atoms with Gasteiger partial charge in [-0.25, -0.2) is 8.78 Å². The summed E-state index contributed by atoms with van der Waals surface area (Å²) in [4.78, 5) is 25.9. The molecule has 25 heavy (non-hydrogen) atoms. The molecule has 1 aliphatic heterocycles. The molecule has 3 rings (SSSR count). The number of carbonyl (C=O) groups excluding carboxylic acids is 2. The topological polar surface area (TPSA) is 73.2 Å². The van der Waals surface area contributed by atoms with Crippen molar-refractivity contribution in [1.82, 2.24) is 0 Å². The predicted molar refractivity (Wildman–Crippen MR) is 86.6 cm³/mol. The molecule has 0 saturated carbocycles. The lowest BCUT2D eigenvalue weighted by molar-refractivity contribution is -0.122. The van der Waals surface area contributed by atoms with Crippen molar-refractivity contribution >= 4 is 23.2 Å². The molecule has 1 heterocycles. The van der Waals surface area contributed by atoms with Crippen molar-refractivity contribution in [3.63, 3.8) is 0 Å². The van der Waals surface area contributed by atoms with Gasteiger partial charge >= 0.3 is 0 Å². The number of hydrogen-bond acceptors (Lipinski definition) is 3. The molecule has 5 nitrogen and oxygen atoms in total. The first-order chi connectivity index (χ1) is 12.0. The number of para-hydroxylation sites is 2. The maximum atomic E-state index is 13.6. The number of rotatable bonds is 3. The Bertz CT molecular complexity index is 872. The Hall–Kier alpha value is -3.27. The summed E-state index contributed by atoms with van der Waals surface area (Å²) in [6.07, 6.45) is -0.0956. The van der Waals surface area contributed by atoms with Gasteiger partial charge in [-0.3, -0.25) is 9.59 Å². The van der Waals surface area contributed by atoms with Gasteiger partial charge in [0.2, 0.25) is 11.8 Å². The number of hydrogen-bond donors (Lipinski definition) is 1. The number of halogens is 2. The average molecular weight is 341 g/mol. The van der Waals surface area contributed by atoms with Gasteiger partial charge in [-0.1, -0.05) is 18.2 Å². The first-order valence-electron chi connectivity index (χ1n) is 7.55. The molecule has 7 heteroatoms. The Kier molecular flexibility index (Phi) is 4.44. The van der Waals surface area contributed by atoms with Gasteiger partial charge in [0.25, 0.3) is 0 Å². The Morgan fingerprint density at radius 1 is 1.16 bits per heavy atom. The lowest BCUT2D eigenvalue weighted by Crippen LogP contribution is -2.29. The molecule has 2 amide bonds. The zero-order valence-electron chi connectivity index (χ0n) is 13.0. The highest BCUT2D eigenvalue weighted by Crippen LogP contribution is 2.29. The third-order valence-electron chi connectivity index (χ3n) is 4.02. The maximum absolute atomic E-state index is 13.6. The smallest absolute Gasteiger partial charge is 0.229 e. The Morgan fingerprint density at radius 3 is 2.52 bits per heavy atom. The summed E-state index contributed by atoms with van der Waals surface area (Å²) in [5.41, 5.74) is 0.204. The maximum Gasteiger partial charge on any atom is 0.229 e. The number of benzene rings is 2. The van der Waals surface area contributed by atoms with Crippen LogP contribution in [0.4, 0.5) is 20.2 Å². The van der Waals surface area contributed by atoms with E-state index in [1.807, 2.05) is 6.07 Å². The van der Waals surface area contributed by atoms with Crippen molar-refractivity contribution in [2.24, 2.45) is 5.92 Å². The number of nitrogens with zero attached hydrogens (tertiary/aromatic N) is 2. The van der Waals surface area contributed by atoms with Crippen LogP contribution in [-0.4, -0.2) is 18.4 Å². The molecular formula is C18H13F2N3O2. The van der Waals surface area contributed by atoms with E-state index in [2.05, 4.69) is 5.32 Å². The fourth-order valence-corrected chi connectivity index (χ4v) is 2.76. The van der Waals surface area contributed by atoms with Crippen LogP contribution in [0.25, 0.3) is 0 Å². The van der Waals surface area contributed by atoms with Crippen molar-refractivity contribution < 1.29 is 18.4 Å². The van der Waals surface area contributed by atoms with Crippen LogP contribution in [0.5, 0.6) is 0 Å². The van der Waals surface area contributed by atoms with Crippen molar-refractivity contribution in [2.75, 3.05) is 16.8 Å². The molecule has 0 bridgehead atoms. The molecule has 1 saturated heterocycles. The van der Waals surface area contributed by atoms with E-state index in [4.69, 9.17) is 5.26 Å². The monoisotopic (exact) mass is 341 g/mol. The van der Waals surface area contributed by atoms with Gasteiger partial charge in [-0.15, -0.1) is 0 Å². The van der Waals surface area contributed by atoms with E-state index in [1.54, 1.807) is 24.3 Å². The molecular weight excluding hydrogens is 328 g/mol. The second-order valence-corrected chi connectivity index (χ2v) is 5.62. The summed E-state index contributed by atoms with van der Waals surface area (Å²) >= 11 is 0. The minimum Gasteiger partial charge on any atom is -0.321 e. The highest BCUT2D eigenvalue weighted by molar-refractivity contribution is 6.04. The quantitative estimate of drug-likeness (QED) is 0.933. The molecule has 1 unspecified atom stereocenters. The first-order valence-corrected chi connectivity index (χ1v) is 7.55. The predicted octanol–water partition coefficient (Wildman–Crippen LogP) is 2.83. The van der Waals surface area contributed by atoms with Crippen LogP contribution < -0.4 is 10.2 Å². The molecule has 0 spiro atoms. The van der Waals surface area contributed by atoms with Crippen LogP contribution in [0.15, 0.2) is 42.5 Å². The summed E-state index contributed by atoms with van der Waals surface area (Å²) in [6, 6.07) is 11.8. The standard InChI is InChI=1S/C18H13F2N3O2/c19-13-5-3-6-14(20)17(13)22-18(25)12-8-16(24)23(10-12)15-7-2-1-4-11(15)9-21/h1-7,12H,8,10H2,(H,22,25). The summed E-state index contributed by atoms with van der Waals surface area (Å²) in [5, 5.41) is 11.4. The largest absolute Gasteiger partial charge is 0.321 e. The van der Waals surface area contributed by atoms with Crippen molar-refractivity contribution in [2.45, 2.75) is 6.42 Å². The molecule has 1 aliphatic rings. The SMILES string of the molecule is N#Cc1ccccc1N1CC(C(=O)Nc2c(F)cccc2F)CC1=O. The van der Waals surface area contributed by atoms with Gasteiger partial charge in [0, 0.05) is 13.0 Å². The Labute approximate surface area is 142 Å². The molecule has 1 atom stereocenters. The van der Waals surface area contributed by atoms with E-state index >= 15 is 0 Å². The second-order valence-electron chi connectivity index (χ2n) is 5.62. The number of anilines is 2. The van der Waals surface area contributed by atoms with Crippen LogP contribution >= 0.6 is 0 Å². The third kappa shape index (κ3) is 3.19. The van der Waals surface area contributed by atoms with E-state index in [0.717, 1.165) is 12.1 Å². The summed E-state index contributed by atoms with van der Waals surface area (Å²) < 4.78 is 27.3. The molecule has 0 aromatic heterocycles. The van der Waals surface area contributed by atoms with E-state index in [1.165, 1.54) is 11.0 Å². The van der Waals surface area contributed by atoms with Crippen LogP contribution in [0.3, 0.4) is 0 Å². The van der Waals surface area contributed by atoms with Gasteiger partial charge < -0.3 is 10.2 Å². The third-order valence-corrected chi connectivity index (χ3v) is 4.02. The van der Waals surface area contributed by atoms with E-state index in [-0.39, 0.29) is 18.9 Å². The van der Waals surface area contributed by atoms with Crippen molar-refractivity contribution in [3.05, 3.63) is 59.7 Å². The molecule has 2 aromatic carbocycles. The van der Waals surface area contributed by atoms with Gasteiger partial charge in [-0.05, 0) is 24.3 Å². The Balaban J connectivity index is 1.79. The van der Waals surface area contributed by atoms with Crippen LogP contribution in [0, 0.1) is 28.9 Å². The minimum absolute atomic E-state index is 0.0411. The fraction of sp³-hybridized carbons (Fsp3) is 0.167. The number of nitrogens with one attached hydrogen (secondary N) is 1. The second kappa shape index (κ2) is 6.69. The summed E-state index contributed by atoms with van der Waals surface area (Å²) in [6.45, 7) is 0.0411. The molecule has 2 aromatic rings. The van der Waals surface area contributed by atoms with Gasteiger partial charge in [-0.2, -0.15) is 5.26 Å². The van der Waals surface area contributed by atoms with Crippen LogP contribution in [-0.2, 0) is 9.59 Å². The normalized spacial score (nSPS) is 16.6. The van der Waals surface area contributed by atoms with E-state index in [9.17, 15) is 18.4 Å². The fourth-order valence-electron chi connectivity index (χ4n) is 2.76. The average Bonchev–Trinajstić information content (AvgIpc) is 3.00. The van der Waals surface area contributed by atoms with Gasteiger partial charge in [0.05, 0.1) is 17.2 Å². The van der Waals surface area contributed by atoms with E-state index in [0.29, 0.717) is 11.3 Å². The highest BCUT2D eigenvalue weighted by Gasteiger charge is 2.36. The lowest BCUT2D eigenvalue weighted by Gasteiger charge is -2.18. The lowest BCUT2D eigenvalue weighted by atomic mass is 10.1. The summed E-state index contributed by atoms with van der Waals surface area (Å²) in [7, 11) is 0. The molecule has 126 valence electrons. The summed E-state index contributed by atoms with van der Waals surface area (Å²) in [5.74, 6) is -3.50. The highest BCUT2D eigenvalue weighted by atomic mass is 19.1. The van der Waals surface area contributed by atoms with Gasteiger partial charge in [0.15, 0.2) is 0 Å². The van der Waals surface area contributed by atoms with Crippen molar-refractivity contribution in [1.29, 1.82) is 5.26 Å². The first kappa shape index (κ1) is 16.6.